The van der Waals surface area contributed by atoms with Crippen LogP contribution >= 0.6 is 11.6 Å². The lowest BCUT2D eigenvalue weighted by molar-refractivity contribution is 0.948. The lowest BCUT2D eigenvalue weighted by Gasteiger charge is -2.24. The minimum atomic E-state index is 0.458. The monoisotopic (exact) mass is 256 g/mol. The fourth-order valence-electron chi connectivity index (χ4n) is 1.83. The van der Waals surface area contributed by atoms with Crippen LogP contribution in [0.15, 0.2) is 54.6 Å². The molecule has 3 heteroatoms. The summed E-state index contributed by atoms with van der Waals surface area (Å²) in [7, 11) is 0. The maximum absolute atomic E-state index is 8.77. The SMILES string of the molecule is N#CCCN(c1ccccc1)c1ccccc1Cl. The third-order valence-corrected chi connectivity index (χ3v) is 2.98. The number of hydrogen-bond acceptors (Lipinski definition) is 2. The molecule has 0 saturated carbocycles. The maximum atomic E-state index is 8.77. The van der Waals surface area contributed by atoms with Crippen LogP contribution in [0, 0.1) is 11.3 Å². The first-order chi connectivity index (χ1) is 8.83. The van der Waals surface area contributed by atoms with Crippen LogP contribution in [0.25, 0.3) is 0 Å². The van der Waals surface area contributed by atoms with Gasteiger partial charge in [0.2, 0.25) is 0 Å². The molecule has 0 aliphatic carbocycles. The van der Waals surface area contributed by atoms with Gasteiger partial charge < -0.3 is 4.90 Å². The highest BCUT2D eigenvalue weighted by Gasteiger charge is 2.11. The summed E-state index contributed by atoms with van der Waals surface area (Å²) >= 11 is 6.22. The lowest BCUT2D eigenvalue weighted by atomic mass is 10.2. The molecule has 0 amide bonds. The van der Waals surface area contributed by atoms with Crippen molar-refractivity contribution < 1.29 is 0 Å². The second-order valence-corrected chi connectivity index (χ2v) is 4.25. The van der Waals surface area contributed by atoms with Crippen molar-refractivity contribution in [3.05, 3.63) is 59.6 Å². The van der Waals surface area contributed by atoms with Crippen molar-refractivity contribution in [3.8, 4) is 6.07 Å². The standard InChI is InChI=1S/C15H13ClN2/c16-14-9-4-5-10-15(14)18(12-6-11-17)13-7-2-1-3-8-13/h1-5,7-10H,6,12H2. The lowest BCUT2D eigenvalue weighted by Crippen LogP contribution is -2.18. The third kappa shape index (κ3) is 2.82. The van der Waals surface area contributed by atoms with Gasteiger partial charge >= 0.3 is 0 Å². The van der Waals surface area contributed by atoms with Crippen LogP contribution in [-0.4, -0.2) is 6.54 Å². The van der Waals surface area contributed by atoms with Gasteiger partial charge in [-0.3, -0.25) is 0 Å². The van der Waals surface area contributed by atoms with Gasteiger partial charge in [0, 0.05) is 12.2 Å². The molecule has 0 saturated heterocycles. The van der Waals surface area contributed by atoms with Gasteiger partial charge in [-0.2, -0.15) is 5.26 Å². The molecule has 0 bridgehead atoms. The number of nitrogens with zero attached hydrogens (tertiary/aromatic N) is 2. The number of nitriles is 1. The van der Waals surface area contributed by atoms with Crippen LogP contribution in [0.1, 0.15) is 6.42 Å². The van der Waals surface area contributed by atoms with Crippen molar-refractivity contribution in [1.82, 2.24) is 0 Å². The Hall–Kier alpha value is -1.98. The molecule has 0 aliphatic heterocycles. The smallest absolute Gasteiger partial charge is 0.0643 e. The number of rotatable bonds is 4. The molecule has 0 radical (unpaired) electrons. The fourth-order valence-corrected chi connectivity index (χ4v) is 2.07. The fraction of sp³-hybridized carbons (Fsp3) is 0.133. The molecule has 2 aromatic carbocycles. The Morgan fingerprint density at radius 1 is 1.00 bits per heavy atom. The van der Waals surface area contributed by atoms with Crippen molar-refractivity contribution >= 4 is 23.0 Å². The first-order valence-corrected chi connectivity index (χ1v) is 6.15. The predicted octanol–water partition coefficient (Wildman–Crippen LogP) is 4.39. The average molecular weight is 257 g/mol. The summed E-state index contributed by atoms with van der Waals surface area (Å²) in [6.07, 6.45) is 0.458. The molecular weight excluding hydrogens is 244 g/mol. The van der Waals surface area contributed by atoms with Gasteiger partial charge in [0.15, 0.2) is 0 Å². The Balaban J connectivity index is 2.38. The third-order valence-electron chi connectivity index (χ3n) is 2.66. The molecule has 0 fully saturated rings. The van der Waals surface area contributed by atoms with E-state index in [1.807, 2.05) is 54.6 Å². The number of para-hydroxylation sites is 2. The molecule has 0 spiro atoms. The molecule has 0 aromatic heterocycles. The van der Waals surface area contributed by atoms with Gasteiger partial charge in [-0.25, -0.2) is 0 Å². The normalized spacial score (nSPS) is 9.78. The Morgan fingerprint density at radius 3 is 2.33 bits per heavy atom. The zero-order chi connectivity index (χ0) is 12.8. The van der Waals surface area contributed by atoms with Crippen molar-refractivity contribution in [3.63, 3.8) is 0 Å². The van der Waals surface area contributed by atoms with Crippen LogP contribution in [-0.2, 0) is 0 Å². The van der Waals surface area contributed by atoms with Crippen LogP contribution in [0.5, 0.6) is 0 Å². The van der Waals surface area contributed by atoms with Crippen LogP contribution in [0.4, 0.5) is 11.4 Å². The molecule has 0 unspecified atom stereocenters. The summed E-state index contributed by atoms with van der Waals surface area (Å²) in [5, 5.41) is 9.46. The second kappa shape index (κ2) is 6.09. The van der Waals surface area contributed by atoms with E-state index in [1.54, 1.807) is 0 Å². The highest BCUT2D eigenvalue weighted by molar-refractivity contribution is 6.33. The highest BCUT2D eigenvalue weighted by atomic mass is 35.5. The van der Waals surface area contributed by atoms with Crippen LogP contribution < -0.4 is 4.90 Å². The van der Waals surface area contributed by atoms with Gasteiger partial charge in [0.25, 0.3) is 0 Å². The molecule has 2 rings (SSSR count). The van der Waals surface area contributed by atoms with E-state index in [1.165, 1.54) is 0 Å². The summed E-state index contributed by atoms with van der Waals surface area (Å²) in [5.41, 5.74) is 1.97. The number of benzene rings is 2. The van der Waals surface area contributed by atoms with Crippen molar-refractivity contribution in [2.24, 2.45) is 0 Å². The Kier molecular flexibility index (Phi) is 4.22. The molecule has 0 heterocycles. The van der Waals surface area contributed by atoms with Gasteiger partial charge in [-0.15, -0.1) is 0 Å². The van der Waals surface area contributed by atoms with E-state index in [0.29, 0.717) is 18.0 Å². The van der Waals surface area contributed by atoms with E-state index in [2.05, 4.69) is 11.0 Å². The van der Waals surface area contributed by atoms with Crippen molar-refractivity contribution in [1.29, 1.82) is 5.26 Å². The van der Waals surface area contributed by atoms with Crippen molar-refractivity contribution in [2.75, 3.05) is 11.4 Å². The van der Waals surface area contributed by atoms with E-state index in [-0.39, 0.29) is 0 Å². The summed E-state index contributed by atoms with van der Waals surface area (Å²) in [5.74, 6) is 0. The van der Waals surface area contributed by atoms with E-state index < -0.39 is 0 Å². The van der Waals surface area contributed by atoms with Crippen LogP contribution in [0.2, 0.25) is 5.02 Å². The topological polar surface area (TPSA) is 27.0 Å². The van der Waals surface area contributed by atoms with E-state index in [0.717, 1.165) is 11.4 Å². The second-order valence-electron chi connectivity index (χ2n) is 3.85. The van der Waals surface area contributed by atoms with Gasteiger partial charge in [0.1, 0.15) is 0 Å². The first-order valence-electron chi connectivity index (χ1n) is 5.77. The average Bonchev–Trinajstić information content (AvgIpc) is 2.42. The predicted molar refractivity (Wildman–Crippen MR) is 75.1 cm³/mol. The number of halogens is 1. The summed E-state index contributed by atoms with van der Waals surface area (Å²) in [4.78, 5) is 2.06. The summed E-state index contributed by atoms with van der Waals surface area (Å²) in [6.45, 7) is 0.629. The molecule has 0 aliphatic rings. The van der Waals surface area contributed by atoms with Gasteiger partial charge in [0.05, 0.1) is 23.2 Å². The van der Waals surface area contributed by atoms with Crippen LogP contribution in [0.3, 0.4) is 0 Å². The van der Waals surface area contributed by atoms with E-state index in [4.69, 9.17) is 16.9 Å². The first kappa shape index (κ1) is 12.5. The van der Waals surface area contributed by atoms with Gasteiger partial charge in [-0.05, 0) is 24.3 Å². The number of hydrogen-bond donors (Lipinski definition) is 0. The minimum Gasteiger partial charge on any atom is -0.339 e. The molecule has 18 heavy (non-hydrogen) atoms. The molecule has 2 nitrogen and oxygen atoms in total. The largest absolute Gasteiger partial charge is 0.339 e. The zero-order valence-corrected chi connectivity index (χ0v) is 10.6. The molecule has 0 atom stereocenters. The minimum absolute atomic E-state index is 0.458. The van der Waals surface area contributed by atoms with E-state index >= 15 is 0 Å². The summed E-state index contributed by atoms with van der Waals surface area (Å²) in [6, 6.07) is 19.8. The Morgan fingerprint density at radius 2 is 1.67 bits per heavy atom. The number of anilines is 2. The van der Waals surface area contributed by atoms with Crippen molar-refractivity contribution in [2.45, 2.75) is 6.42 Å². The molecule has 90 valence electrons. The molecule has 0 N–H and O–H groups in total. The van der Waals surface area contributed by atoms with Gasteiger partial charge in [-0.1, -0.05) is 41.9 Å². The maximum Gasteiger partial charge on any atom is 0.0643 e. The Bertz CT molecular complexity index is 546. The Labute approximate surface area is 112 Å². The molecular formula is C15H13ClN2. The highest BCUT2D eigenvalue weighted by Crippen LogP contribution is 2.31. The molecule has 2 aromatic rings. The zero-order valence-electron chi connectivity index (χ0n) is 9.88. The van der Waals surface area contributed by atoms with E-state index in [9.17, 15) is 0 Å². The summed E-state index contributed by atoms with van der Waals surface area (Å²) < 4.78 is 0. The quantitative estimate of drug-likeness (QED) is 0.811.